The van der Waals surface area contributed by atoms with Crippen molar-refractivity contribution < 1.29 is 14.1 Å². The average molecular weight is 284 g/mol. The molecule has 1 N–H and O–H groups in total. The van der Waals surface area contributed by atoms with Gasteiger partial charge in [-0.05, 0) is 24.9 Å². The van der Waals surface area contributed by atoms with Crippen molar-refractivity contribution in [3.05, 3.63) is 33.6 Å². The van der Waals surface area contributed by atoms with Gasteiger partial charge in [0.2, 0.25) is 0 Å². The molecule has 0 fully saturated rings. The van der Waals surface area contributed by atoms with Crippen LogP contribution in [0.4, 0.5) is 10.1 Å². The van der Waals surface area contributed by atoms with Crippen molar-refractivity contribution in [2.75, 3.05) is 14.2 Å². The van der Waals surface area contributed by atoms with E-state index in [0.717, 1.165) is 6.07 Å². The minimum Gasteiger partial charge on any atom is -0.494 e. The van der Waals surface area contributed by atoms with Gasteiger partial charge in [-0.3, -0.25) is 10.1 Å². The van der Waals surface area contributed by atoms with Gasteiger partial charge in [-0.15, -0.1) is 0 Å². The van der Waals surface area contributed by atoms with Crippen molar-refractivity contribution >= 4 is 5.69 Å². The molecule has 0 aromatic heterocycles. The van der Waals surface area contributed by atoms with Crippen LogP contribution in [0.5, 0.6) is 5.75 Å². The summed E-state index contributed by atoms with van der Waals surface area (Å²) in [6, 6.07) is 2.35. The lowest BCUT2D eigenvalue weighted by Crippen LogP contribution is -2.39. The number of nitro benzene ring substituents is 1. The first-order chi connectivity index (χ1) is 9.20. The maximum atomic E-state index is 13.6. The number of methoxy groups -OCH3 is 1. The maximum absolute atomic E-state index is 13.6. The third-order valence-corrected chi connectivity index (χ3v) is 3.37. The fourth-order valence-electron chi connectivity index (χ4n) is 2.14. The SMILES string of the molecule is CNC(Cc1cc(OC)c(F)cc1[N+](=O)[O-])C(C)(C)C. The monoisotopic (exact) mass is 284 g/mol. The Morgan fingerprint density at radius 3 is 2.45 bits per heavy atom. The third-order valence-electron chi connectivity index (χ3n) is 3.37. The van der Waals surface area contributed by atoms with Crippen LogP contribution in [-0.2, 0) is 6.42 Å². The van der Waals surface area contributed by atoms with E-state index in [9.17, 15) is 14.5 Å². The Kier molecular flexibility index (Phi) is 5.05. The molecule has 0 aliphatic rings. The van der Waals surface area contributed by atoms with E-state index >= 15 is 0 Å². The van der Waals surface area contributed by atoms with Crippen LogP contribution < -0.4 is 10.1 Å². The minimum atomic E-state index is -0.722. The van der Waals surface area contributed by atoms with Gasteiger partial charge in [-0.25, -0.2) is 4.39 Å². The van der Waals surface area contributed by atoms with Gasteiger partial charge >= 0.3 is 0 Å². The lowest BCUT2D eigenvalue weighted by atomic mass is 9.83. The summed E-state index contributed by atoms with van der Waals surface area (Å²) in [4.78, 5) is 10.5. The topological polar surface area (TPSA) is 64.4 Å². The molecule has 0 aliphatic carbocycles. The molecule has 0 radical (unpaired) electrons. The molecule has 0 saturated heterocycles. The highest BCUT2D eigenvalue weighted by Crippen LogP contribution is 2.31. The zero-order valence-corrected chi connectivity index (χ0v) is 12.5. The summed E-state index contributed by atoms with van der Waals surface area (Å²) in [5, 5.41) is 14.2. The van der Waals surface area contributed by atoms with E-state index in [0.29, 0.717) is 12.0 Å². The van der Waals surface area contributed by atoms with Crippen molar-refractivity contribution in [3.63, 3.8) is 0 Å². The summed E-state index contributed by atoms with van der Waals surface area (Å²) >= 11 is 0. The van der Waals surface area contributed by atoms with Crippen LogP contribution in [0.15, 0.2) is 12.1 Å². The van der Waals surface area contributed by atoms with E-state index in [2.05, 4.69) is 5.32 Å². The van der Waals surface area contributed by atoms with Crippen LogP contribution in [0.3, 0.4) is 0 Å². The lowest BCUT2D eigenvalue weighted by molar-refractivity contribution is -0.385. The quantitative estimate of drug-likeness (QED) is 0.667. The molecule has 1 aromatic carbocycles. The second kappa shape index (κ2) is 6.17. The van der Waals surface area contributed by atoms with E-state index in [1.807, 2.05) is 27.8 Å². The second-order valence-electron chi connectivity index (χ2n) is 5.78. The van der Waals surface area contributed by atoms with Crippen molar-refractivity contribution in [1.29, 1.82) is 0 Å². The molecule has 0 amide bonds. The normalized spacial score (nSPS) is 13.1. The molecule has 5 nitrogen and oxygen atoms in total. The number of nitrogens with zero attached hydrogens (tertiary/aromatic N) is 1. The van der Waals surface area contributed by atoms with E-state index < -0.39 is 10.7 Å². The molecule has 0 heterocycles. The Balaban J connectivity index is 3.24. The Labute approximate surface area is 118 Å². The molecule has 6 heteroatoms. The number of likely N-dealkylation sites (N-methyl/N-ethyl adjacent to an activating group) is 1. The molecule has 112 valence electrons. The number of halogens is 1. The zero-order chi connectivity index (χ0) is 15.5. The highest BCUT2D eigenvalue weighted by Gasteiger charge is 2.27. The van der Waals surface area contributed by atoms with E-state index in [4.69, 9.17) is 4.74 Å². The van der Waals surface area contributed by atoms with Gasteiger partial charge in [0.15, 0.2) is 11.6 Å². The number of nitro groups is 1. The molecule has 20 heavy (non-hydrogen) atoms. The standard InChI is InChI=1S/C14H21FN2O3/c1-14(2,3)13(16-4)7-9-6-12(20-5)10(15)8-11(9)17(18)19/h6,8,13,16H,7H2,1-5H3. The van der Waals surface area contributed by atoms with Gasteiger partial charge in [-0.1, -0.05) is 20.8 Å². The number of rotatable bonds is 5. The molecule has 1 aromatic rings. The smallest absolute Gasteiger partial charge is 0.275 e. The predicted molar refractivity (Wildman–Crippen MR) is 75.6 cm³/mol. The first-order valence-electron chi connectivity index (χ1n) is 6.38. The largest absolute Gasteiger partial charge is 0.494 e. The van der Waals surface area contributed by atoms with Crippen molar-refractivity contribution in [2.24, 2.45) is 5.41 Å². The van der Waals surface area contributed by atoms with Crippen molar-refractivity contribution in [1.82, 2.24) is 5.32 Å². The summed E-state index contributed by atoms with van der Waals surface area (Å²) in [5.41, 5.74) is 0.167. The first kappa shape index (κ1) is 16.4. The number of nitrogens with one attached hydrogen (secondary N) is 1. The fourth-order valence-corrected chi connectivity index (χ4v) is 2.14. The third kappa shape index (κ3) is 3.66. The number of hydrogen-bond acceptors (Lipinski definition) is 4. The Hall–Kier alpha value is -1.69. The van der Waals surface area contributed by atoms with Crippen molar-refractivity contribution in [3.8, 4) is 5.75 Å². The molecule has 0 bridgehead atoms. The van der Waals surface area contributed by atoms with Crippen LogP contribution in [0.1, 0.15) is 26.3 Å². The highest BCUT2D eigenvalue weighted by atomic mass is 19.1. The first-order valence-corrected chi connectivity index (χ1v) is 6.38. The molecular formula is C14H21FN2O3. The molecule has 0 saturated carbocycles. The minimum absolute atomic E-state index is 0.0226. The summed E-state index contributed by atoms with van der Waals surface area (Å²) in [5.74, 6) is -0.700. The Bertz CT molecular complexity index is 498. The van der Waals surface area contributed by atoms with E-state index in [1.54, 1.807) is 0 Å². The van der Waals surface area contributed by atoms with Gasteiger partial charge in [0.25, 0.3) is 5.69 Å². The molecule has 0 spiro atoms. The van der Waals surface area contributed by atoms with Gasteiger partial charge in [-0.2, -0.15) is 0 Å². The Morgan fingerprint density at radius 2 is 2.05 bits per heavy atom. The van der Waals surface area contributed by atoms with Gasteiger partial charge < -0.3 is 10.1 Å². The number of hydrogen-bond donors (Lipinski definition) is 1. The predicted octanol–water partition coefficient (Wildman–Crippen LogP) is 2.92. The average Bonchev–Trinajstić information content (AvgIpc) is 2.35. The van der Waals surface area contributed by atoms with Crippen LogP contribution in [0.2, 0.25) is 0 Å². The molecule has 1 rings (SSSR count). The van der Waals surface area contributed by atoms with E-state index in [1.165, 1.54) is 13.2 Å². The summed E-state index contributed by atoms with van der Waals surface area (Å²) < 4.78 is 18.5. The summed E-state index contributed by atoms with van der Waals surface area (Å²) in [7, 11) is 3.15. The molecule has 0 aliphatic heterocycles. The summed E-state index contributed by atoms with van der Waals surface area (Å²) in [6.45, 7) is 6.13. The van der Waals surface area contributed by atoms with E-state index in [-0.39, 0.29) is 22.9 Å². The molecule has 1 atom stereocenters. The lowest BCUT2D eigenvalue weighted by Gasteiger charge is -2.30. The van der Waals surface area contributed by atoms with Crippen LogP contribution in [0, 0.1) is 21.3 Å². The molecular weight excluding hydrogens is 263 g/mol. The van der Waals surface area contributed by atoms with Gasteiger partial charge in [0.1, 0.15) is 0 Å². The molecule has 1 unspecified atom stereocenters. The van der Waals surface area contributed by atoms with Gasteiger partial charge in [0, 0.05) is 11.6 Å². The Morgan fingerprint density at radius 1 is 1.45 bits per heavy atom. The van der Waals surface area contributed by atoms with Crippen molar-refractivity contribution in [2.45, 2.75) is 33.2 Å². The number of benzene rings is 1. The van der Waals surface area contributed by atoms with Crippen LogP contribution >= 0.6 is 0 Å². The van der Waals surface area contributed by atoms with Gasteiger partial charge in [0.05, 0.1) is 18.1 Å². The zero-order valence-electron chi connectivity index (χ0n) is 12.5. The van der Waals surface area contributed by atoms with Crippen LogP contribution in [0.25, 0.3) is 0 Å². The highest BCUT2D eigenvalue weighted by molar-refractivity contribution is 5.46. The number of ether oxygens (including phenoxy) is 1. The van der Waals surface area contributed by atoms with Crippen LogP contribution in [-0.4, -0.2) is 25.1 Å². The maximum Gasteiger partial charge on any atom is 0.275 e. The second-order valence-corrected chi connectivity index (χ2v) is 5.78. The summed E-state index contributed by atoms with van der Waals surface area (Å²) in [6.07, 6.45) is 0.424. The fraction of sp³-hybridized carbons (Fsp3) is 0.571.